The second kappa shape index (κ2) is 5.88. The smallest absolute Gasteiger partial charge is 0.250 e. The molecule has 0 radical (unpaired) electrons. The van der Waals surface area contributed by atoms with Crippen LogP contribution in [0.3, 0.4) is 0 Å². The molecule has 0 amide bonds. The zero-order valence-electron chi connectivity index (χ0n) is 11.0. The number of nitrogens with one attached hydrogen (secondary N) is 1. The van der Waals surface area contributed by atoms with Crippen molar-refractivity contribution in [3.63, 3.8) is 0 Å². The fraction of sp³-hybridized carbons (Fsp3) is 0.667. The van der Waals surface area contributed by atoms with Crippen LogP contribution in [0.25, 0.3) is 0 Å². The lowest BCUT2D eigenvalue weighted by Gasteiger charge is -2.14. The van der Waals surface area contributed by atoms with Gasteiger partial charge in [0.25, 0.3) is 0 Å². The van der Waals surface area contributed by atoms with Crippen molar-refractivity contribution < 1.29 is 18.3 Å². The van der Waals surface area contributed by atoms with Crippen LogP contribution in [0.2, 0.25) is 0 Å². The van der Waals surface area contributed by atoms with E-state index < -0.39 is 10.0 Å². The summed E-state index contributed by atoms with van der Waals surface area (Å²) in [6.07, 6.45) is 0.982. The number of thiophene rings is 1. The van der Waals surface area contributed by atoms with Crippen LogP contribution >= 0.6 is 11.3 Å². The van der Waals surface area contributed by atoms with E-state index in [1.807, 2.05) is 6.92 Å². The van der Waals surface area contributed by atoms with Crippen LogP contribution in [0, 0.1) is 12.8 Å². The second-order valence-electron chi connectivity index (χ2n) is 4.81. The third-order valence-corrected chi connectivity index (χ3v) is 6.59. The molecule has 5 nitrogen and oxygen atoms in total. The van der Waals surface area contributed by atoms with Gasteiger partial charge in [-0.1, -0.05) is 0 Å². The maximum atomic E-state index is 12.2. The topological polar surface area (TPSA) is 75.6 Å². The summed E-state index contributed by atoms with van der Waals surface area (Å²) in [6.45, 7) is 4.73. The maximum absolute atomic E-state index is 12.2. The normalized spacial score (nSPS) is 23.9. The summed E-state index contributed by atoms with van der Waals surface area (Å²) in [4.78, 5) is 0.693. The fourth-order valence-corrected chi connectivity index (χ4v) is 4.70. The van der Waals surface area contributed by atoms with Crippen LogP contribution in [0.1, 0.15) is 23.8 Å². The molecule has 19 heavy (non-hydrogen) atoms. The lowest BCUT2D eigenvalue weighted by Crippen LogP contribution is -2.31. The predicted molar refractivity (Wildman–Crippen MR) is 73.7 cm³/mol. The predicted octanol–water partition coefficient (Wildman–Crippen LogP) is 1.25. The van der Waals surface area contributed by atoms with Crippen LogP contribution < -0.4 is 4.72 Å². The van der Waals surface area contributed by atoms with Crippen LogP contribution in [-0.2, 0) is 21.4 Å². The molecule has 2 heterocycles. The molecule has 1 aromatic rings. The standard InChI is InChI=1S/C12H19NO4S2/c1-8-5-12(18-11(8)7-14)19(15,16)13-6-10-3-4-17-9(10)2/h5,9-10,13-14H,3-4,6-7H2,1-2H3. The summed E-state index contributed by atoms with van der Waals surface area (Å²) in [6, 6.07) is 1.60. The Kier molecular flexibility index (Phi) is 4.62. The zero-order chi connectivity index (χ0) is 14.0. The molecule has 0 bridgehead atoms. The van der Waals surface area contributed by atoms with Gasteiger partial charge in [-0.25, -0.2) is 13.1 Å². The Labute approximate surface area is 117 Å². The van der Waals surface area contributed by atoms with Crippen LogP contribution in [-0.4, -0.2) is 32.8 Å². The lowest BCUT2D eigenvalue weighted by molar-refractivity contribution is 0.107. The molecule has 1 aliphatic heterocycles. The van der Waals surface area contributed by atoms with Crippen LogP contribution in [0.5, 0.6) is 0 Å². The minimum atomic E-state index is -3.48. The first-order valence-corrected chi connectivity index (χ1v) is 8.55. The monoisotopic (exact) mass is 305 g/mol. The highest BCUT2D eigenvalue weighted by Gasteiger charge is 2.27. The minimum absolute atomic E-state index is 0.0979. The number of sulfonamides is 1. The number of hydrogen-bond donors (Lipinski definition) is 2. The first kappa shape index (κ1) is 14.9. The van der Waals surface area contributed by atoms with Gasteiger partial charge in [0, 0.05) is 23.9 Å². The van der Waals surface area contributed by atoms with Gasteiger partial charge in [-0.05, 0) is 31.9 Å². The molecule has 0 aromatic carbocycles. The van der Waals surface area contributed by atoms with Gasteiger partial charge in [0.2, 0.25) is 10.0 Å². The van der Waals surface area contributed by atoms with Gasteiger partial charge >= 0.3 is 0 Å². The van der Waals surface area contributed by atoms with E-state index >= 15 is 0 Å². The number of aliphatic hydroxyl groups is 1. The first-order valence-electron chi connectivity index (χ1n) is 6.25. The van der Waals surface area contributed by atoms with Crippen molar-refractivity contribution in [2.45, 2.75) is 37.2 Å². The fourth-order valence-electron chi connectivity index (χ4n) is 2.11. The summed E-state index contributed by atoms with van der Waals surface area (Å²) in [5.41, 5.74) is 0.811. The minimum Gasteiger partial charge on any atom is -0.391 e. The van der Waals surface area contributed by atoms with E-state index in [1.165, 1.54) is 0 Å². The number of aliphatic hydroxyl groups excluding tert-OH is 1. The van der Waals surface area contributed by atoms with Crippen molar-refractivity contribution in [3.8, 4) is 0 Å². The maximum Gasteiger partial charge on any atom is 0.250 e. The highest BCUT2D eigenvalue weighted by Crippen LogP contribution is 2.26. The Morgan fingerprint density at radius 2 is 2.32 bits per heavy atom. The molecule has 2 atom stereocenters. The van der Waals surface area contributed by atoms with Crippen LogP contribution in [0.15, 0.2) is 10.3 Å². The molecule has 1 saturated heterocycles. The lowest BCUT2D eigenvalue weighted by atomic mass is 10.0. The van der Waals surface area contributed by atoms with Crippen molar-refractivity contribution in [1.82, 2.24) is 4.72 Å². The number of ether oxygens (including phenoxy) is 1. The highest BCUT2D eigenvalue weighted by atomic mass is 32.2. The highest BCUT2D eigenvalue weighted by molar-refractivity contribution is 7.91. The molecule has 0 spiro atoms. The van der Waals surface area contributed by atoms with E-state index in [-0.39, 0.29) is 22.8 Å². The molecule has 108 valence electrons. The Morgan fingerprint density at radius 3 is 2.84 bits per heavy atom. The zero-order valence-corrected chi connectivity index (χ0v) is 12.7. The van der Waals surface area contributed by atoms with E-state index in [0.717, 1.165) is 23.3 Å². The largest absolute Gasteiger partial charge is 0.391 e. The summed E-state index contributed by atoms with van der Waals surface area (Å²) in [5.74, 6) is 0.230. The molecule has 1 aliphatic rings. The summed E-state index contributed by atoms with van der Waals surface area (Å²) < 4.78 is 32.6. The Hall–Kier alpha value is -0.470. The molecular weight excluding hydrogens is 286 g/mol. The van der Waals surface area contributed by atoms with Gasteiger partial charge in [0.1, 0.15) is 4.21 Å². The Balaban J connectivity index is 2.05. The van der Waals surface area contributed by atoms with E-state index in [9.17, 15) is 8.42 Å². The van der Waals surface area contributed by atoms with E-state index in [1.54, 1.807) is 13.0 Å². The van der Waals surface area contributed by atoms with Crippen LogP contribution in [0.4, 0.5) is 0 Å². The molecule has 0 saturated carbocycles. The van der Waals surface area contributed by atoms with Gasteiger partial charge in [-0.2, -0.15) is 0 Å². The quantitative estimate of drug-likeness (QED) is 0.858. The van der Waals surface area contributed by atoms with Gasteiger partial charge in [-0.3, -0.25) is 0 Å². The number of aryl methyl sites for hydroxylation is 1. The molecule has 1 aromatic heterocycles. The van der Waals surface area contributed by atoms with E-state index in [0.29, 0.717) is 18.0 Å². The first-order chi connectivity index (χ1) is 8.94. The van der Waals surface area contributed by atoms with Crippen molar-refractivity contribution >= 4 is 21.4 Å². The average Bonchev–Trinajstić information content (AvgIpc) is 2.93. The molecule has 2 N–H and O–H groups in total. The second-order valence-corrected chi connectivity index (χ2v) is 7.94. The summed E-state index contributed by atoms with van der Waals surface area (Å²) >= 11 is 1.12. The van der Waals surface area contributed by atoms with Crippen molar-refractivity contribution in [2.75, 3.05) is 13.2 Å². The average molecular weight is 305 g/mol. The molecule has 0 aliphatic carbocycles. The van der Waals surface area contributed by atoms with Crippen molar-refractivity contribution in [3.05, 3.63) is 16.5 Å². The molecule has 1 fully saturated rings. The van der Waals surface area contributed by atoms with Gasteiger partial charge in [-0.15, -0.1) is 11.3 Å². The van der Waals surface area contributed by atoms with Gasteiger partial charge in [0.15, 0.2) is 0 Å². The molecule has 7 heteroatoms. The summed E-state index contributed by atoms with van der Waals surface area (Å²) in [5, 5.41) is 9.11. The Bertz CT molecular complexity index is 538. The van der Waals surface area contributed by atoms with E-state index in [2.05, 4.69) is 4.72 Å². The van der Waals surface area contributed by atoms with Gasteiger partial charge in [0.05, 0.1) is 12.7 Å². The van der Waals surface area contributed by atoms with Gasteiger partial charge < -0.3 is 9.84 Å². The molecule has 2 rings (SSSR count). The third-order valence-electron chi connectivity index (χ3n) is 3.48. The van der Waals surface area contributed by atoms with Crippen molar-refractivity contribution in [2.24, 2.45) is 5.92 Å². The molecular formula is C12H19NO4S2. The summed E-state index contributed by atoms with van der Waals surface area (Å²) in [7, 11) is -3.48. The SMILES string of the molecule is Cc1cc(S(=O)(=O)NCC2CCOC2C)sc1CO. The third kappa shape index (κ3) is 3.35. The number of rotatable bonds is 5. The van der Waals surface area contributed by atoms with E-state index in [4.69, 9.17) is 9.84 Å². The van der Waals surface area contributed by atoms with Crippen molar-refractivity contribution in [1.29, 1.82) is 0 Å². The number of hydrogen-bond acceptors (Lipinski definition) is 5. The Morgan fingerprint density at radius 1 is 1.58 bits per heavy atom. The molecule has 2 unspecified atom stereocenters.